The van der Waals surface area contributed by atoms with Crippen LogP contribution >= 0.6 is 0 Å². The van der Waals surface area contributed by atoms with Crippen molar-refractivity contribution in [1.82, 2.24) is 0 Å². The lowest BCUT2D eigenvalue weighted by molar-refractivity contribution is -0.140. The molecule has 0 aliphatic carbocycles. The number of esters is 1. The van der Waals surface area contributed by atoms with Gasteiger partial charge in [-0.05, 0) is 97.8 Å². The molecule has 6 unspecified atom stereocenters. The average Bonchev–Trinajstić information content (AvgIpc) is 3.53. The number of hydrogen-bond donors (Lipinski definition) is 0. The van der Waals surface area contributed by atoms with Crippen LogP contribution < -0.4 is 0 Å². The van der Waals surface area contributed by atoms with E-state index in [4.69, 9.17) is 27.2 Å². The normalized spacial score (nSPS) is 21.1. The van der Waals surface area contributed by atoms with Gasteiger partial charge in [0.05, 0.1) is 43.7 Å². The Morgan fingerprint density at radius 2 is 0.976 bits per heavy atom. The van der Waals surface area contributed by atoms with Gasteiger partial charge in [0.15, 0.2) is 33.3 Å². The molecule has 1 heterocycles. The molecule has 0 radical (unpaired) electrons. The molecule has 0 amide bonds. The van der Waals surface area contributed by atoms with Crippen LogP contribution in [0.2, 0.25) is 78.6 Å². The molecule has 1 rings (SSSR count). The Morgan fingerprint density at radius 1 is 0.595 bits per heavy atom. The van der Waals surface area contributed by atoms with Crippen LogP contribution in [0.5, 0.6) is 0 Å². The fourth-order valence-electron chi connectivity index (χ4n) is 5.41. The van der Waals surface area contributed by atoms with E-state index >= 15 is 0 Å². The molecule has 1 fully saturated rings. The summed E-state index contributed by atoms with van der Waals surface area (Å²) in [5.41, 5.74) is 0. The molecule has 1 saturated heterocycles. The zero-order valence-corrected chi connectivity index (χ0v) is 33.9. The van der Waals surface area contributed by atoms with Crippen LogP contribution in [0.3, 0.4) is 0 Å². The SMILES string of the molecule is CCC(O[Si](C)(C)C)C(CC1OC1CC(O[Si](C)(C)C)C(CCCCCCCC(=O)OC)O[Si](C)(C)C)O[Si](C)(C)C. The first-order chi connectivity index (χ1) is 19.1. The molecule has 0 spiro atoms. The van der Waals surface area contributed by atoms with Crippen LogP contribution in [0.15, 0.2) is 0 Å². The largest absolute Gasteiger partial charge is 0.469 e. The van der Waals surface area contributed by atoms with Gasteiger partial charge in [-0.25, -0.2) is 0 Å². The molecular formula is C31H68O7Si4. The molecule has 1 aliphatic rings. The van der Waals surface area contributed by atoms with Gasteiger partial charge >= 0.3 is 5.97 Å². The molecule has 0 saturated carbocycles. The molecular weight excluding hydrogens is 597 g/mol. The number of methoxy groups -OCH3 is 1. The van der Waals surface area contributed by atoms with E-state index in [9.17, 15) is 4.79 Å². The van der Waals surface area contributed by atoms with Crippen LogP contribution in [0.4, 0.5) is 0 Å². The predicted molar refractivity (Wildman–Crippen MR) is 185 cm³/mol. The molecule has 6 atom stereocenters. The van der Waals surface area contributed by atoms with E-state index in [-0.39, 0.29) is 42.6 Å². The number of hydrogen-bond acceptors (Lipinski definition) is 7. The van der Waals surface area contributed by atoms with Gasteiger partial charge in [-0.1, -0.05) is 32.6 Å². The van der Waals surface area contributed by atoms with E-state index in [1.165, 1.54) is 7.11 Å². The van der Waals surface area contributed by atoms with Crippen molar-refractivity contribution in [2.24, 2.45) is 0 Å². The van der Waals surface area contributed by atoms with Crippen molar-refractivity contribution in [1.29, 1.82) is 0 Å². The van der Waals surface area contributed by atoms with Crippen LogP contribution in [-0.2, 0) is 32.0 Å². The lowest BCUT2D eigenvalue weighted by atomic mass is 9.98. The summed E-state index contributed by atoms with van der Waals surface area (Å²) in [6, 6.07) is 0. The van der Waals surface area contributed by atoms with Crippen LogP contribution in [-0.4, -0.2) is 83.0 Å². The van der Waals surface area contributed by atoms with Crippen molar-refractivity contribution in [3.05, 3.63) is 0 Å². The van der Waals surface area contributed by atoms with Crippen LogP contribution in [0, 0.1) is 0 Å². The maximum absolute atomic E-state index is 11.4. The molecule has 0 aromatic carbocycles. The van der Waals surface area contributed by atoms with Crippen molar-refractivity contribution < 1.29 is 32.0 Å². The zero-order chi connectivity index (χ0) is 32.4. The zero-order valence-electron chi connectivity index (χ0n) is 29.9. The summed E-state index contributed by atoms with van der Waals surface area (Å²) in [6.45, 7) is 29.4. The summed E-state index contributed by atoms with van der Waals surface area (Å²) in [5.74, 6) is -0.113. The number of carbonyl (C=O) groups is 1. The van der Waals surface area contributed by atoms with Gasteiger partial charge in [0.1, 0.15) is 0 Å². The summed E-state index contributed by atoms with van der Waals surface area (Å²) in [7, 11) is -5.60. The topological polar surface area (TPSA) is 75.8 Å². The minimum absolute atomic E-state index is 0.0364. The van der Waals surface area contributed by atoms with Crippen molar-refractivity contribution in [3.8, 4) is 0 Å². The number of carbonyl (C=O) groups excluding carboxylic acids is 1. The molecule has 0 aromatic heterocycles. The van der Waals surface area contributed by atoms with Gasteiger partial charge in [0, 0.05) is 19.3 Å². The Kier molecular flexibility index (Phi) is 17.0. The highest BCUT2D eigenvalue weighted by atomic mass is 28.4. The third-order valence-electron chi connectivity index (χ3n) is 6.97. The monoisotopic (exact) mass is 664 g/mol. The first-order valence-corrected chi connectivity index (χ1v) is 30.2. The lowest BCUT2D eigenvalue weighted by Crippen LogP contribution is -2.46. The maximum atomic E-state index is 11.4. The number of unbranched alkanes of at least 4 members (excludes halogenated alkanes) is 4. The minimum Gasteiger partial charge on any atom is -0.469 e. The quantitative estimate of drug-likeness (QED) is 0.0468. The number of rotatable bonds is 23. The standard InChI is InChI=1S/C31H68O7Si4/c1-15-25(35-39(3,4)5)29(37-41(9,10)11)23-27-28(34-27)24-30(38-42(12,13)14)26(36-40(6,7)8)21-19-17-16-18-20-22-31(32)33-2/h25-30H,15-24H2,1-14H3. The highest BCUT2D eigenvalue weighted by molar-refractivity contribution is 6.71. The Balaban J connectivity index is 2.91. The van der Waals surface area contributed by atoms with Crippen LogP contribution in [0.25, 0.3) is 0 Å². The van der Waals surface area contributed by atoms with Crippen LogP contribution in [0.1, 0.15) is 71.1 Å². The van der Waals surface area contributed by atoms with Crippen molar-refractivity contribution in [3.63, 3.8) is 0 Å². The molecule has 250 valence electrons. The smallest absolute Gasteiger partial charge is 0.305 e. The summed E-state index contributed by atoms with van der Waals surface area (Å²) in [5, 5.41) is 0. The number of ether oxygens (including phenoxy) is 2. The molecule has 0 N–H and O–H groups in total. The van der Waals surface area contributed by atoms with E-state index < -0.39 is 33.3 Å². The van der Waals surface area contributed by atoms with E-state index in [1.807, 2.05) is 0 Å². The summed E-state index contributed by atoms with van der Waals surface area (Å²) in [6.07, 6.45) is 10.2. The third-order valence-corrected chi connectivity index (χ3v) is 11.0. The van der Waals surface area contributed by atoms with Crippen molar-refractivity contribution in [2.45, 2.75) is 186 Å². The maximum Gasteiger partial charge on any atom is 0.305 e. The van der Waals surface area contributed by atoms with Gasteiger partial charge in [-0.3, -0.25) is 4.79 Å². The number of epoxide rings is 1. The minimum atomic E-state index is -1.81. The van der Waals surface area contributed by atoms with Gasteiger partial charge in [0.2, 0.25) is 0 Å². The van der Waals surface area contributed by atoms with E-state index in [2.05, 4.69) is 85.5 Å². The van der Waals surface area contributed by atoms with E-state index in [0.29, 0.717) is 6.42 Å². The van der Waals surface area contributed by atoms with Gasteiger partial charge in [-0.2, -0.15) is 0 Å². The van der Waals surface area contributed by atoms with Gasteiger partial charge < -0.3 is 27.2 Å². The van der Waals surface area contributed by atoms with E-state index in [0.717, 1.165) is 57.8 Å². The average molecular weight is 665 g/mol. The fraction of sp³-hybridized carbons (Fsp3) is 0.968. The first-order valence-electron chi connectivity index (χ1n) is 16.6. The Labute approximate surface area is 264 Å². The fourth-order valence-corrected chi connectivity index (χ4v) is 10.1. The summed E-state index contributed by atoms with van der Waals surface area (Å²) >= 11 is 0. The Bertz CT molecular complexity index is 771. The molecule has 11 heteroatoms. The molecule has 7 nitrogen and oxygen atoms in total. The second-order valence-electron chi connectivity index (χ2n) is 16.0. The van der Waals surface area contributed by atoms with Crippen molar-refractivity contribution in [2.75, 3.05) is 7.11 Å². The second kappa shape index (κ2) is 17.7. The highest BCUT2D eigenvalue weighted by Gasteiger charge is 2.46. The highest BCUT2D eigenvalue weighted by Crippen LogP contribution is 2.37. The van der Waals surface area contributed by atoms with E-state index in [1.54, 1.807) is 0 Å². The summed E-state index contributed by atoms with van der Waals surface area (Å²) in [4.78, 5) is 11.4. The Morgan fingerprint density at radius 3 is 1.40 bits per heavy atom. The van der Waals surface area contributed by atoms with Gasteiger partial charge in [-0.15, -0.1) is 0 Å². The van der Waals surface area contributed by atoms with Gasteiger partial charge in [0.25, 0.3) is 0 Å². The molecule has 42 heavy (non-hydrogen) atoms. The first kappa shape index (κ1) is 40.2. The lowest BCUT2D eigenvalue weighted by Gasteiger charge is -2.36. The molecule has 0 aromatic rings. The summed E-state index contributed by atoms with van der Waals surface area (Å²) < 4.78 is 38.2. The third kappa shape index (κ3) is 19.5. The molecule has 0 bridgehead atoms. The van der Waals surface area contributed by atoms with Crippen molar-refractivity contribution >= 4 is 39.2 Å². The predicted octanol–water partition coefficient (Wildman–Crippen LogP) is 8.73. The molecule has 1 aliphatic heterocycles. The Hall–Kier alpha value is 0.138. The second-order valence-corrected chi connectivity index (χ2v) is 33.9.